The van der Waals surface area contributed by atoms with Gasteiger partial charge < -0.3 is 10.2 Å². The Hall–Kier alpha value is -2.10. The number of fused-ring (bicyclic) bond motifs is 1. The molecule has 4 heteroatoms. The van der Waals surface area contributed by atoms with Gasteiger partial charge in [0, 0.05) is 17.0 Å². The maximum atomic E-state index is 5.99. The standard InChI is InChI=1S/C19H20ClN3/c1-23(2)18(15-7-10-16(20)11-8-15)13-21-19-12-9-14-5-3-4-6-17(14)22-19/h3-12,18H,13H2,1-2H3,(H,21,22). The largest absolute Gasteiger partial charge is 0.368 e. The van der Waals surface area contributed by atoms with Crippen molar-refractivity contribution >= 4 is 28.3 Å². The molecule has 3 rings (SSSR count). The van der Waals surface area contributed by atoms with E-state index in [4.69, 9.17) is 11.6 Å². The van der Waals surface area contributed by atoms with Crippen LogP contribution in [-0.4, -0.2) is 30.5 Å². The summed E-state index contributed by atoms with van der Waals surface area (Å²) in [7, 11) is 4.16. The van der Waals surface area contributed by atoms with Crippen LogP contribution < -0.4 is 5.32 Å². The molecular formula is C19H20ClN3. The number of rotatable bonds is 5. The Kier molecular flexibility index (Phi) is 4.79. The highest BCUT2D eigenvalue weighted by Gasteiger charge is 2.14. The molecule has 23 heavy (non-hydrogen) atoms. The smallest absolute Gasteiger partial charge is 0.126 e. The van der Waals surface area contributed by atoms with Gasteiger partial charge in [-0.3, -0.25) is 0 Å². The van der Waals surface area contributed by atoms with Gasteiger partial charge in [0.15, 0.2) is 0 Å². The maximum absolute atomic E-state index is 5.99. The zero-order valence-electron chi connectivity index (χ0n) is 13.3. The number of nitrogens with one attached hydrogen (secondary N) is 1. The van der Waals surface area contributed by atoms with Crippen molar-refractivity contribution in [3.63, 3.8) is 0 Å². The summed E-state index contributed by atoms with van der Waals surface area (Å²) >= 11 is 5.99. The van der Waals surface area contributed by atoms with Crippen LogP contribution in [0.25, 0.3) is 10.9 Å². The molecule has 0 aliphatic heterocycles. The molecule has 1 heterocycles. The summed E-state index contributed by atoms with van der Waals surface area (Å²) in [4.78, 5) is 6.86. The average Bonchev–Trinajstić information content (AvgIpc) is 2.56. The van der Waals surface area contributed by atoms with E-state index in [-0.39, 0.29) is 6.04 Å². The number of benzene rings is 2. The maximum Gasteiger partial charge on any atom is 0.126 e. The van der Waals surface area contributed by atoms with Gasteiger partial charge in [0.05, 0.1) is 11.6 Å². The molecule has 0 saturated carbocycles. The molecule has 1 atom stereocenters. The van der Waals surface area contributed by atoms with Crippen LogP contribution in [-0.2, 0) is 0 Å². The lowest BCUT2D eigenvalue weighted by molar-refractivity contribution is 0.311. The van der Waals surface area contributed by atoms with E-state index < -0.39 is 0 Å². The predicted octanol–water partition coefficient (Wildman–Crippen LogP) is 4.60. The monoisotopic (exact) mass is 325 g/mol. The Labute approximate surface area is 141 Å². The van der Waals surface area contributed by atoms with Gasteiger partial charge in [0.2, 0.25) is 0 Å². The first-order valence-corrected chi connectivity index (χ1v) is 8.03. The quantitative estimate of drug-likeness (QED) is 0.743. The SMILES string of the molecule is CN(C)C(CNc1ccc2ccccc2n1)c1ccc(Cl)cc1. The molecular weight excluding hydrogens is 306 g/mol. The van der Waals surface area contributed by atoms with Crippen molar-refractivity contribution in [3.05, 3.63) is 71.2 Å². The highest BCUT2D eigenvalue weighted by molar-refractivity contribution is 6.30. The highest BCUT2D eigenvalue weighted by atomic mass is 35.5. The van der Waals surface area contributed by atoms with Crippen LogP contribution in [0.4, 0.5) is 5.82 Å². The van der Waals surface area contributed by atoms with Crippen molar-refractivity contribution in [3.8, 4) is 0 Å². The van der Waals surface area contributed by atoms with E-state index in [0.717, 1.165) is 28.3 Å². The van der Waals surface area contributed by atoms with Crippen LogP contribution in [0.5, 0.6) is 0 Å². The summed E-state index contributed by atoms with van der Waals surface area (Å²) in [6.45, 7) is 0.778. The third kappa shape index (κ3) is 3.81. The van der Waals surface area contributed by atoms with Crippen molar-refractivity contribution in [2.75, 3.05) is 26.0 Å². The van der Waals surface area contributed by atoms with E-state index in [2.05, 4.69) is 53.6 Å². The molecule has 3 nitrogen and oxygen atoms in total. The zero-order chi connectivity index (χ0) is 16.2. The van der Waals surface area contributed by atoms with Crippen LogP contribution in [0.2, 0.25) is 5.02 Å². The van der Waals surface area contributed by atoms with Crippen LogP contribution in [0.3, 0.4) is 0 Å². The van der Waals surface area contributed by atoms with Gasteiger partial charge in [-0.2, -0.15) is 0 Å². The normalized spacial score (nSPS) is 12.5. The van der Waals surface area contributed by atoms with Gasteiger partial charge in [-0.05, 0) is 50.0 Å². The number of para-hydroxylation sites is 1. The fraction of sp³-hybridized carbons (Fsp3) is 0.211. The van der Waals surface area contributed by atoms with Crippen molar-refractivity contribution < 1.29 is 0 Å². The van der Waals surface area contributed by atoms with Crippen molar-refractivity contribution in [2.45, 2.75) is 6.04 Å². The third-order valence-corrected chi connectivity index (χ3v) is 4.21. The van der Waals surface area contributed by atoms with Crippen LogP contribution in [0.1, 0.15) is 11.6 Å². The number of anilines is 1. The van der Waals surface area contributed by atoms with E-state index >= 15 is 0 Å². The second-order valence-electron chi connectivity index (χ2n) is 5.80. The van der Waals surface area contributed by atoms with Crippen molar-refractivity contribution in [1.82, 2.24) is 9.88 Å². The summed E-state index contributed by atoms with van der Waals surface area (Å²) in [5.41, 5.74) is 2.23. The Bertz CT molecular complexity index is 784. The Balaban J connectivity index is 1.76. The second kappa shape index (κ2) is 6.99. The zero-order valence-corrected chi connectivity index (χ0v) is 14.1. The molecule has 2 aromatic carbocycles. The van der Waals surface area contributed by atoms with Gasteiger partial charge in [-0.15, -0.1) is 0 Å². The third-order valence-electron chi connectivity index (χ3n) is 3.95. The molecule has 0 radical (unpaired) electrons. The van der Waals surface area contributed by atoms with E-state index in [9.17, 15) is 0 Å². The number of likely N-dealkylation sites (N-methyl/N-ethyl adjacent to an activating group) is 1. The summed E-state index contributed by atoms with van der Waals surface area (Å²) < 4.78 is 0. The minimum atomic E-state index is 0.250. The van der Waals surface area contributed by atoms with Gasteiger partial charge in [-0.25, -0.2) is 4.98 Å². The van der Waals surface area contributed by atoms with Gasteiger partial charge in [0.25, 0.3) is 0 Å². The van der Waals surface area contributed by atoms with Crippen LogP contribution >= 0.6 is 11.6 Å². The van der Waals surface area contributed by atoms with Crippen molar-refractivity contribution in [2.24, 2.45) is 0 Å². The van der Waals surface area contributed by atoms with E-state index in [1.165, 1.54) is 5.56 Å². The molecule has 0 spiro atoms. The number of aromatic nitrogens is 1. The lowest BCUT2D eigenvalue weighted by Crippen LogP contribution is -2.27. The molecule has 0 amide bonds. The van der Waals surface area contributed by atoms with Crippen LogP contribution in [0.15, 0.2) is 60.7 Å². The van der Waals surface area contributed by atoms with E-state index in [1.807, 2.05) is 36.4 Å². The first-order valence-electron chi connectivity index (χ1n) is 7.65. The molecule has 0 aliphatic carbocycles. The van der Waals surface area contributed by atoms with E-state index in [0.29, 0.717) is 0 Å². The first-order chi connectivity index (χ1) is 11.1. The minimum Gasteiger partial charge on any atom is -0.368 e. The Morgan fingerprint density at radius 1 is 1.00 bits per heavy atom. The topological polar surface area (TPSA) is 28.2 Å². The Morgan fingerprint density at radius 2 is 1.74 bits per heavy atom. The summed E-state index contributed by atoms with van der Waals surface area (Å²) in [5.74, 6) is 0.893. The van der Waals surface area contributed by atoms with Gasteiger partial charge in [-0.1, -0.05) is 41.9 Å². The molecule has 3 aromatic rings. The van der Waals surface area contributed by atoms with Gasteiger partial charge >= 0.3 is 0 Å². The molecule has 118 valence electrons. The molecule has 0 aliphatic rings. The summed E-state index contributed by atoms with van der Waals surface area (Å²) in [6.07, 6.45) is 0. The molecule has 1 aromatic heterocycles. The predicted molar refractivity (Wildman–Crippen MR) is 98.1 cm³/mol. The molecule has 0 fully saturated rings. The highest BCUT2D eigenvalue weighted by Crippen LogP contribution is 2.21. The van der Waals surface area contributed by atoms with Crippen molar-refractivity contribution in [1.29, 1.82) is 0 Å². The number of nitrogens with zero attached hydrogens (tertiary/aromatic N) is 2. The minimum absolute atomic E-state index is 0.250. The summed E-state index contributed by atoms with van der Waals surface area (Å²) in [6, 6.07) is 20.5. The summed E-state index contributed by atoms with van der Waals surface area (Å²) in [5, 5.41) is 5.36. The Morgan fingerprint density at radius 3 is 2.48 bits per heavy atom. The lowest BCUT2D eigenvalue weighted by Gasteiger charge is -2.25. The molecule has 1 N–H and O–H groups in total. The fourth-order valence-corrected chi connectivity index (χ4v) is 2.78. The van der Waals surface area contributed by atoms with Gasteiger partial charge in [0.1, 0.15) is 5.82 Å². The number of pyridine rings is 1. The lowest BCUT2D eigenvalue weighted by atomic mass is 10.1. The fourth-order valence-electron chi connectivity index (χ4n) is 2.65. The van der Waals surface area contributed by atoms with Crippen LogP contribution in [0, 0.1) is 0 Å². The number of hydrogen-bond acceptors (Lipinski definition) is 3. The molecule has 0 bridgehead atoms. The number of halogens is 1. The molecule has 0 saturated heterocycles. The molecule has 1 unspecified atom stereocenters. The second-order valence-corrected chi connectivity index (χ2v) is 6.24. The number of hydrogen-bond donors (Lipinski definition) is 1. The van der Waals surface area contributed by atoms with E-state index in [1.54, 1.807) is 0 Å². The average molecular weight is 326 g/mol. The first kappa shape index (κ1) is 15.8.